The van der Waals surface area contributed by atoms with E-state index in [1.807, 2.05) is 41.6 Å². The molecule has 1 amide bonds. The van der Waals surface area contributed by atoms with Crippen molar-refractivity contribution >= 4 is 16.9 Å². The molecule has 5 heterocycles. The Hall–Kier alpha value is -3.52. The lowest BCUT2D eigenvalue weighted by molar-refractivity contribution is -0.176. The van der Waals surface area contributed by atoms with Crippen LogP contribution in [0.4, 0.5) is 0 Å². The number of likely N-dealkylation sites (N-methyl/N-ethyl adjacent to an activating group) is 1. The van der Waals surface area contributed by atoms with E-state index < -0.39 is 0 Å². The van der Waals surface area contributed by atoms with Gasteiger partial charge in [0.25, 0.3) is 5.91 Å². The Morgan fingerprint density at radius 1 is 0.949 bits per heavy atom. The summed E-state index contributed by atoms with van der Waals surface area (Å²) in [7, 11) is 2.20. The molecule has 1 N–H and O–H groups in total. The number of ether oxygens (including phenoxy) is 1. The highest BCUT2D eigenvalue weighted by Crippen LogP contribution is 2.38. The van der Waals surface area contributed by atoms with Crippen molar-refractivity contribution in [1.82, 2.24) is 24.7 Å². The van der Waals surface area contributed by atoms with Crippen molar-refractivity contribution < 1.29 is 9.53 Å². The van der Waals surface area contributed by atoms with Crippen LogP contribution in [-0.2, 0) is 11.2 Å². The van der Waals surface area contributed by atoms with Crippen LogP contribution in [-0.4, -0.2) is 96.6 Å². The van der Waals surface area contributed by atoms with Gasteiger partial charge in [-0.1, -0.05) is 36.4 Å². The first kappa shape index (κ1) is 24.5. The summed E-state index contributed by atoms with van der Waals surface area (Å²) in [5.41, 5.74) is 7.65. The first-order valence-electron chi connectivity index (χ1n) is 14.0. The quantitative estimate of drug-likeness (QED) is 0.413. The third kappa shape index (κ3) is 4.75. The summed E-state index contributed by atoms with van der Waals surface area (Å²) in [6.45, 7) is 8.94. The van der Waals surface area contributed by atoms with Gasteiger partial charge in [-0.2, -0.15) is 0 Å². The lowest BCUT2D eigenvalue weighted by Gasteiger charge is -2.54. The fraction of sp³-hybridized carbons (Fsp3) is 0.375. The Morgan fingerprint density at radius 2 is 1.67 bits per heavy atom. The van der Waals surface area contributed by atoms with Gasteiger partial charge >= 0.3 is 0 Å². The van der Waals surface area contributed by atoms with Crippen molar-refractivity contribution in [3.63, 3.8) is 0 Å². The average molecular weight is 522 g/mol. The first-order valence-corrected chi connectivity index (χ1v) is 14.0. The normalized spacial score (nSPS) is 19.3. The van der Waals surface area contributed by atoms with Crippen molar-refractivity contribution in [3.05, 3.63) is 78.1 Å². The van der Waals surface area contributed by atoms with Crippen LogP contribution in [0.5, 0.6) is 0 Å². The second-order valence-corrected chi connectivity index (χ2v) is 11.6. The Kier molecular flexibility index (Phi) is 6.22. The topological polar surface area (TPSA) is 64.7 Å². The van der Waals surface area contributed by atoms with Crippen molar-refractivity contribution in [3.8, 4) is 22.3 Å². The number of hydrogen-bond acceptors (Lipinski definition) is 5. The molecule has 7 heteroatoms. The number of pyridine rings is 1. The number of amides is 1. The van der Waals surface area contributed by atoms with Crippen molar-refractivity contribution in [2.75, 3.05) is 66.1 Å². The minimum absolute atomic E-state index is 0.105. The predicted molar refractivity (Wildman–Crippen MR) is 154 cm³/mol. The summed E-state index contributed by atoms with van der Waals surface area (Å²) in [6.07, 6.45) is 5.03. The highest BCUT2D eigenvalue weighted by Gasteiger charge is 2.50. The lowest BCUT2D eigenvalue weighted by Crippen LogP contribution is -2.67. The monoisotopic (exact) mass is 521 g/mol. The van der Waals surface area contributed by atoms with Crippen LogP contribution >= 0.6 is 0 Å². The number of fused-ring (bicyclic) bond motifs is 1. The van der Waals surface area contributed by atoms with Crippen LogP contribution in [0.3, 0.4) is 0 Å². The number of carbonyl (C=O) groups is 1. The van der Waals surface area contributed by atoms with Gasteiger partial charge in [0.05, 0.1) is 18.6 Å². The number of piperazine rings is 1. The minimum atomic E-state index is 0.105. The molecule has 2 aromatic heterocycles. The number of nitrogens with zero attached hydrogens (tertiary/aromatic N) is 4. The van der Waals surface area contributed by atoms with Crippen molar-refractivity contribution in [1.29, 1.82) is 0 Å². The average Bonchev–Trinajstić information content (AvgIpc) is 3.35. The predicted octanol–water partition coefficient (Wildman–Crippen LogP) is 4.16. The number of aromatic amines is 1. The minimum Gasteiger partial charge on any atom is -0.380 e. The molecule has 3 aliphatic rings. The van der Waals surface area contributed by atoms with Crippen LogP contribution in [0.2, 0.25) is 0 Å². The lowest BCUT2D eigenvalue weighted by atomic mass is 9.78. The van der Waals surface area contributed by atoms with Gasteiger partial charge in [0.15, 0.2) is 0 Å². The summed E-state index contributed by atoms with van der Waals surface area (Å²) >= 11 is 0. The number of nitrogens with one attached hydrogen (secondary N) is 1. The molecule has 0 atom stereocenters. The number of H-pyrrole nitrogens is 1. The maximum absolute atomic E-state index is 12.9. The van der Waals surface area contributed by atoms with Crippen LogP contribution in [0, 0.1) is 5.41 Å². The molecule has 3 aliphatic heterocycles. The summed E-state index contributed by atoms with van der Waals surface area (Å²) < 4.78 is 5.33. The number of likely N-dealkylation sites (tertiary alicyclic amines) is 1. The maximum Gasteiger partial charge on any atom is 0.253 e. The molecule has 0 bridgehead atoms. The van der Waals surface area contributed by atoms with E-state index in [4.69, 9.17) is 9.72 Å². The zero-order valence-corrected chi connectivity index (χ0v) is 22.5. The second kappa shape index (κ2) is 9.90. The molecule has 4 aromatic rings. The molecule has 39 heavy (non-hydrogen) atoms. The summed E-state index contributed by atoms with van der Waals surface area (Å²) in [4.78, 5) is 27.8. The van der Waals surface area contributed by atoms with Crippen LogP contribution in [0.15, 0.2) is 67.0 Å². The smallest absolute Gasteiger partial charge is 0.253 e. The van der Waals surface area contributed by atoms with Crippen molar-refractivity contribution in [2.45, 2.75) is 6.42 Å². The zero-order chi connectivity index (χ0) is 26.4. The van der Waals surface area contributed by atoms with Crippen LogP contribution in [0.1, 0.15) is 15.9 Å². The van der Waals surface area contributed by atoms with Gasteiger partial charge in [0.2, 0.25) is 0 Å². The van der Waals surface area contributed by atoms with Gasteiger partial charge in [-0.15, -0.1) is 0 Å². The second-order valence-electron chi connectivity index (χ2n) is 11.6. The summed E-state index contributed by atoms with van der Waals surface area (Å²) in [6, 6.07) is 19.1. The Morgan fingerprint density at radius 3 is 2.36 bits per heavy atom. The van der Waals surface area contributed by atoms with Gasteiger partial charge < -0.3 is 24.4 Å². The van der Waals surface area contributed by atoms with Gasteiger partial charge in [-0.3, -0.25) is 4.79 Å². The number of benzene rings is 2. The third-order valence-corrected chi connectivity index (χ3v) is 8.73. The van der Waals surface area contributed by atoms with E-state index in [9.17, 15) is 4.79 Å². The largest absolute Gasteiger partial charge is 0.380 e. The van der Waals surface area contributed by atoms with E-state index in [2.05, 4.69) is 52.2 Å². The summed E-state index contributed by atoms with van der Waals surface area (Å²) in [5, 5.41) is 1.08. The van der Waals surface area contributed by atoms with Gasteiger partial charge in [-0.05, 0) is 48.4 Å². The molecule has 0 saturated carbocycles. The molecule has 3 saturated heterocycles. The molecule has 7 nitrogen and oxygen atoms in total. The summed E-state index contributed by atoms with van der Waals surface area (Å²) in [5.74, 6) is 0.105. The van der Waals surface area contributed by atoms with Crippen LogP contribution in [0.25, 0.3) is 33.3 Å². The highest BCUT2D eigenvalue weighted by atomic mass is 16.5. The third-order valence-electron chi connectivity index (χ3n) is 8.73. The molecule has 0 aliphatic carbocycles. The maximum atomic E-state index is 12.9. The SMILES string of the molecule is CN1CCN(CCc2ccc(-c3cnc4[nH]cc(-c5ccc(C(=O)N6CC7(COC7)C6)cc5)c4c3)cc2)CC1. The van der Waals surface area contributed by atoms with E-state index in [-0.39, 0.29) is 11.3 Å². The van der Waals surface area contributed by atoms with Crippen LogP contribution < -0.4 is 0 Å². The molecule has 200 valence electrons. The van der Waals surface area contributed by atoms with Gasteiger partial charge in [0, 0.05) is 80.3 Å². The zero-order valence-electron chi connectivity index (χ0n) is 22.5. The van der Waals surface area contributed by atoms with E-state index in [1.165, 1.54) is 11.1 Å². The molecule has 3 fully saturated rings. The fourth-order valence-corrected chi connectivity index (χ4v) is 6.08. The molecule has 7 rings (SSSR count). The molecule has 2 aromatic carbocycles. The number of rotatable bonds is 6. The van der Waals surface area contributed by atoms with E-state index in [1.54, 1.807) is 0 Å². The Labute approximate surface area is 229 Å². The molecule has 0 unspecified atom stereocenters. The highest BCUT2D eigenvalue weighted by molar-refractivity contribution is 5.98. The van der Waals surface area contributed by atoms with Crippen molar-refractivity contribution in [2.24, 2.45) is 5.41 Å². The molecule has 1 spiro atoms. The fourth-order valence-electron chi connectivity index (χ4n) is 6.08. The Balaban J connectivity index is 1.04. The first-order chi connectivity index (χ1) is 19.1. The number of carbonyl (C=O) groups excluding carboxylic acids is 1. The van der Waals surface area contributed by atoms with E-state index in [0.717, 1.165) is 98.7 Å². The molecule has 0 radical (unpaired) electrons. The Bertz CT molecular complexity index is 1470. The molecular weight excluding hydrogens is 486 g/mol. The standard InChI is InChI=1S/C32H35N5O2/c1-35-12-14-36(15-13-35)11-10-23-2-4-24(5-3-23)27-16-28-29(18-34-30(28)33-17-27)25-6-8-26(9-7-25)31(38)37-19-32(20-37)21-39-22-32/h2-9,16-18H,10-15,19-22H2,1H3,(H,33,34). The van der Waals surface area contributed by atoms with Gasteiger partial charge in [-0.25, -0.2) is 4.98 Å². The number of aromatic nitrogens is 2. The van der Waals surface area contributed by atoms with E-state index in [0.29, 0.717) is 0 Å². The van der Waals surface area contributed by atoms with Gasteiger partial charge in [0.1, 0.15) is 5.65 Å². The van der Waals surface area contributed by atoms with E-state index >= 15 is 0 Å². The number of hydrogen-bond donors (Lipinski definition) is 1. The molecular formula is C32H35N5O2.